The summed E-state index contributed by atoms with van der Waals surface area (Å²) < 4.78 is 16.1. The first-order chi connectivity index (χ1) is 9.72. The highest BCUT2D eigenvalue weighted by molar-refractivity contribution is 5.88. The standard InChI is InChI=1S/C14H18N2O4/c1-18-13(17)12-10-11(2-5-15-12)16-6-3-14(4-7-16)19-8-9-20-14/h2,5,10H,3-4,6-9H2,1H3. The van der Waals surface area contributed by atoms with Gasteiger partial charge in [-0.1, -0.05) is 0 Å². The normalized spacial score (nSPS) is 21.1. The number of hydrogen-bond acceptors (Lipinski definition) is 6. The number of ether oxygens (including phenoxy) is 3. The number of methoxy groups -OCH3 is 1. The van der Waals surface area contributed by atoms with E-state index in [4.69, 9.17) is 14.2 Å². The van der Waals surface area contributed by atoms with Crippen LogP contribution in [0.2, 0.25) is 0 Å². The number of nitrogens with zero attached hydrogens (tertiary/aromatic N) is 2. The number of carbonyl (C=O) groups excluding carboxylic acids is 1. The number of hydrogen-bond donors (Lipinski definition) is 0. The van der Waals surface area contributed by atoms with E-state index in [1.807, 2.05) is 6.07 Å². The van der Waals surface area contributed by atoms with Gasteiger partial charge < -0.3 is 19.1 Å². The summed E-state index contributed by atoms with van der Waals surface area (Å²) >= 11 is 0. The number of carbonyl (C=O) groups is 1. The van der Waals surface area contributed by atoms with Gasteiger partial charge in [0.05, 0.1) is 20.3 Å². The minimum atomic E-state index is -0.414. The Morgan fingerprint density at radius 3 is 2.70 bits per heavy atom. The number of piperidine rings is 1. The zero-order valence-electron chi connectivity index (χ0n) is 11.5. The van der Waals surface area contributed by atoms with Crippen molar-refractivity contribution in [2.75, 3.05) is 38.3 Å². The van der Waals surface area contributed by atoms with E-state index in [9.17, 15) is 4.79 Å². The van der Waals surface area contributed by atoms with E-state index in [0.29, 0.717) is 18.9 Å². The molecular formula is C14H18N2O4. The Labute approximate surface area is 117 Å². The minimum Gasteiger partial charge on any atom is -0.464 e. The maximum absolute atomic E-state index is 11.5. The van der Waals surface area contributed by atoms with Crippen molar-refractivity contribution in [2.45, 2.75) is 18.6 Å². The highest BCUT2D eigenvalue weighted by atomic mass is 16.7. The second-order valence-electron chi connectivity index (χ2n) is 4.99. The molecule has 2 fully saturated rings. The van der Waals surface area contributed by atoms with Gasteiger partial charge in [0.15, 0.2) is 5.79 Å². The topological polar surface area (TPSA) is 60.9 Å². The molecule has 1 aromatic heterocycles. The predicted octanol–water partition coefficient (Wildman–Crippen LogP) is 1.21. The first-order valence-electron chi connectivity index (χ1n) is 6.80. The Kier molecular flexibility index (Phi) is 3.58. The third-order valence-corrected chi connectivity index (χ3v) is 3.84. The quantitative estimate of drug-likeness (QED) is 0.758. The lowest BCUT2D eigenvalue weighted by Gasteiger charge is -2.38. The van der Waals surface area contributed by atoms with Crippen molar-refractivity contribution in [3.8, 4) is 0 Å². The van der Waals surface area contributed by atoms with Crippen LogP contribution < -0.4 is 4.90 Å². The van der Waals surface area contributed by atoms with Crippen LogP contribution in [0.4, 0.5) is 5.69 Å². The number of aromatic nitrogens is 1. The average molecular weight is 278 g/mol. The lowest BCUT2D eigenvalue weighted by molar-refractivity contribution is -0.169. The molecule has 108 valence electrons. The Hall–Kier alpha value is -1.66. The molecule has 0 N–H and O–H groups in total. The lowest BCUT2D eigenvalue weighted by atomic mass is 10.0. The van der Waals surface area contributed by atoms with Gasteiger partial charge in [-0.05, 0) is 12.1 Å². The first kappa shape index (κ1) is 13.3. The van der Waals surface area contributed by atoms with Gasteiger partial charge in [0.1, 0.15) is 5.69 Å². The van der Waals surface area contributed by atoms with E-state index < -0.39 is 5.97 Å². The minimum absolute atomic E-state index is 0.332. The Morgan fingerprint density at radius 1 is 1.35 bits per heavy atom. The van der Waals surface area contributed by atoms with Gasteiger partial charge in [-0.15, -0.1) is 0 Å². The molecule has 0 radical (unpaired) electrons. The molecule has 2 saturated heterocycles. The Morgan fingerprint density at radius 2 is 2.05 bits per heavy atom. The molecule has 3 heterocycles. The van der Waals surface area contributed by atoms with Crippen molar-refractivity contribution < 1.29 is 19.0 Å². The van der Waals surface area contributed by atoms with E-state index >= 15 is 0 Å². The molecule has 3 rings (SSSR count). The van der Waals surface area contributed by atoms with Crippen LogP contribution in [0.5, 0.6) is 0 Å². The molecule has 6 heteroatoms. The van der Waals surface area contributed by atoms with E-state index in [1.165, 1.54) is 7.11 Å². The highest BCUT2D eigenvalue weighted by Gasteiger charge is 2.39. The van der Waals surface area contributed by atoms with Crippen molar-refractivity contribution in [1.29, 1.82) is 0 Å². The molecule has 0 amide bonds. The summed E-state index contributed by atoms with van der Waals surface area (Å²) in [5.74, 6) is -0.794. The molecule has 0 unspecified atom stereocenters. The summed E-state index contributed by atoms with van der Waals surface area (Å²) in [6.07, 6.45) is 3.31. The fourth-order valence-electron chi connectivity index (χ4n) is 2.72. The summed E-state index contributed by atoms with van der Waals surface area (Å²) in [5, 5.41) is 0. The van der Waals surface area contributed by atoms with Crippen molar-refractivity contribution >= 4 is 11.7 Å². The first-order valence-corrected chi connectivity index (χ1v) is 6.80. The molecular weight excluding hydrogens is 260 g/mol. The zero-order chi connectivity index (χ0) is 14.0. The van der Waals surface area contributed by atoms with Crippen molar-refractivity contribution in [3.05, 3.63) is 24.0 Å². The third kappa shape index (κ3) is 2.48. The summed E-state index contributed by atoms with van der Waals surface area (Å²) in [6, 6.07) is 3.67. The van der Waals surface area contributed by atoms with Crippen LogP contribution in [0.15, 0.2) is 18.3 Å². The predicted molar refractivity (Wildman–Crippen MR) is 71.7 cm³/mol. The highest BCUT2D eigenvalue weighted by Crippen LogP contribution is 2.33. The van der Waals surface area contributed by atoms with Gasteiger partial charge in [-0.3, -0.25) is 0 Å². The summed E-state index contributed by atoms with van der Waals surface area (Å²) in [4.78, 5) is 17.7. The van der Waals surface area contributed by atoms with Crippen LogP contribution in [-0.2, 0) is 14.2 Å². The number of anilines is 1. The Bertz CT molecular complexity index is 490. The van der Waals surface area contributed by atoms with Crippen LogP contribution in [0, 0.1) is 0 Å². The lowest BCUT2D eigenvalue weighted by Crippen LogP contribution is -2.45. The fraction of sp³-hybridized carbons (Fsp3) is 0.571. The fourth-order valence-corrected chi connectivity index (χ4v) is 2.72. The number of pyridine rings is 1. The monoisotopic (exact) mass is 278 g/mol. The second kappa shape index (κ2) is 5.38. The molecule has 1 spiro atoms. The summed E-state index contributed by atoms with van der Waals surface area (Å²) in [6.45, 7) is 3.04. The SMILES string of the molecule is COC(=O)c1cc(N2CCC3(CC2)OCCO3)ccn1. The zero-order valence-corrected chi connectivity index (χ0v) is 11.5. The van der Waals surface area contributed by atoms with E-state index in [2.05, 4.69) is 9.88 Å². The van der Waals surface area contributed by atoms with E-state index in [1.54, 1.807) is 12.3 Å². The smallest absolute Gasteiger partial charge is 0.356 e. The van der Waals surface area contributed by atoms with Gasteiger partial charge in [0, 0.05) is 37.8 Å². The number of esters is 1. The van der Waals surface area contributed by atoms with E-state index in [-0.39, 0.29) is 5.79 Å². The largest absolute Gasteiger partial charge is 0.464 e. The molecule has 0 atom stereocenters. The molecule has 0 aliphatic carbocycles. The van der Waals surface area contributed by atoms with Crippen molar-refractivity contribution in [1.82, 2.24) is 4.98 Å². The molecule has 2 aliphatic heterocycles. The van der Waals surface area contributed by atoms with Crippen LogP contribution >= 0.6 is 0 Å². The molecule has 0 bridgehead atoms. The van der Waals surface area contributed by atoms with Crippen LogP contribution in [0.3, 0.4) is 0 Å². The molecule has 0 aromatic carbocycles. The molecule has 20 heavy (non-hydrogen) atoms. The molecule has 6 nitrogen and oxygen atoms in total. The van der Waals surface area contributed by atoms with Crippen LogP contribution in [0.1, 0.15) is 23.3 Å². The van der Waals surface area contributed by atoms with Gasteiger partial charge in [-0.2, -0.15) is 0 Å². The van der Waals surface area contributed by atoms with E-state index in [0.717, 1.165) is 31.6 Å². The van der Waals surface area contributed by atoms with Gasteiger partial charge in [-0.25, -0.2) is 9.78 Å². The van der Waals surface area contributed by atoms with Gasteiger partial charge >= 0.3 is 5.97 Å². The summed E-state index contributed by atoms with van der Waals surface area (Å²) in [5.41, 5.74) is 1.31. The van der Waals surface area contributed by atoms with Crippen molar-refractivity contribution in [3.63, 3.8) is 0 Å². The summed E-state index contributed by atoms with van der Waals surface area (Å²) in [7, 11) is 1.36. The maximum atomic E-state index is 11.5. The van der Waals surface area contributed by atoms with Crippen molar-refractivity contribution in [2.24, 2.45) is 0 Å². The second-order valence-corrected chi connectivity index (χ2v) is 4.99. The van der Waals surface area contributed by atoms with Gasteiger partial charge in [0.25, 0.3) is 0 Å². The molecule has 1 aromatic rings. The number of rotatable bonds is 2. The van der Waals surface area contributed by atoms with Crippen LogP contribution in [-0.4, -0.2) is 50.2 Å². The maximum Gasteiger partial charge on any atom is 0.356 e. The molecule has 0 saturated carbocycles. The average Bonchev–Trinajstić information content (AvgIpc) is 2.95. The van der Waals surface area contributed by atoms with Gasteiger partial charge in [0.2, 0.25) is 0 Å². The van der Waals surface area contributed by atoms with Crippen LogP contribution in [0.25, 0.3) is 0 Å². The Balaban J connectivity index is 1.70. The molecule has 2 aliphatic rings. The third-order valence-electron chi connectivity index (χ3n) is 3.84.